The van der Waals surface area contributed by atoms with E-state index in [-0.39, 0.29) is 5.91 Å². The van der Waals surface area contributed by atoms with Crippen molar-refractivity contribution in [1.82, 2.24) is 0 Å². The van der Waals surface area contributed by atoms with E-state index in [1.54, 1.807) is 55.5 Å². The predicted molar refractivity (Wildman–Crippen MR) is 103 cm³/mol. The molecule has 0 aliphatic rings. The molecule has 3 aromatic rings. The number of anilines is 1. The molecule has 1 N–H and O–H groups in total. The van der Waals surface area contributed by atoms with Crippen LogP contribution in [0.15, 0.2) is 78.9 Å². The second-order valence-corrected chi connectivity index (χ2v) is 5.83. The molecule has 0 spiro atoms. The maximum absolute atomic E-state index is 12.3. The molecule has 0 unspecified atom stereocenters. The first-order valence-corrected chi connectivity index (χ1v) is 8.45. The number of amides is 1. The molecule has 0 saturated carbocycles. The Morgan fingerprint density at radius 1 is 0.926 bits per heavy atom. The Balaban J connectivity index is 1.57. The smallest absolute Gasteiger partial charge is 0.265 e. The summed E-state index contributed by atoms with van der Waals surface area (Å²) in [4.78, 5) is 12.3. The quantitative estimate of drug-likeness (QED) is 0.690. The predicted octanol–water partition coefficient (Wildman–Crippen LogP) is 4.76. The fourth-order valence-electron chi connectivity index (χ4n) is 2.37. The molecule has 5 nitrogen and oxygen atoms in total. The number of carbonyl (C=O) groups is 1. The number of benzene rings is 3. The van der Waals surface area contributed by atoms with Gasteiger partial charge in [0.2, 0.25) is 0 Å². The van der Waals surface area contributed by atoms with Crippen LogP contribution in [0.25, 0.3) is 0 Å². The molecule has 0 aliphatic carbocycles. The molecule has 0 heterocycles. The third-order valence-corrected chi connectivity index (χ3v) is 3.75. The lowest BCUT2D eigenvalue weighted by Gasteiger charge is -2.15. The number of nitrogens with one attached hydrogen (secondary N) is 1. The van der Waals surface area contributed by atoms with Gasteiger partial charge in [0.25, 0.3) is 5.91 Å². The van der Waals surface area contributed by atoms with Gasteiger partial charge in [0.15, 0.2) is 6.10 Å². The van der Waals surface area contributed by atoms with Gasteiger partial charge in [-0.2, -0.15) is 5.26 Å². The average Bonchev–Trinajstić information content (AvgIpc) is 2.70. The van der Waals surface area contributed by atoms with Crippen molar-refractivity contribution < 1.29 is 14.3 Å². The highest BCUT2D eigenvalue weighted by Gasteiger charge is 2.15. The summed E-state index contributed by atoms with van der Waals surface area (Å²) < 4.78 is 11.3. The van der Waals surface area contributed by atoms with Crippen molar-refractivity contribution in [3.8, 4) is 23.3 Å². The number of para-hydroxylation sites is 1. The molecule has 0 aliphatic heterocycles. The first kappa shape index (κ1) is 18.0. The second-order valence-electron chi connectivity index (χ2n) is 5.83. The van der Waals surface area contributed by atoms with Crippen LogP contribution >= 0.6 is 0 Å². The fraction of sp³-hybridized carbons (Fsp3) is 0.0909. The third kappa shape index (κ3) is 5.10. The molecule has 0 fully saturated rings. The highest BCUT2D eigenvalue weighted by atomic mass is 16.5. The third-order valence-electron chi connectivity index (χ3n) is 3.75. The van der Waals surface area contributed by atoms with E-state index in [9.17, 15) is 4.79 Å². The number of nitrogens with zero attached hydrogens (tertiary/aromatic N) is 1. The standard InChI is InChI=1S/C22H18N2O3/c1-16(26-21-9-5-6-17(14-21)15-23)22(25)24-18-10-12-20(13-11-18)27-19-7-3-2-4-8-19/h2-14,16H,1H3,(H,24,25)/t16-/m0/s1. The van der Waals surface area contributed by atoms with E-state index >= 15 is 0 Å². The van der Waals surface area contributed by atoms with Crippen molar-refractivity contribution in [1.29, 1.82) is 5.26 Å². The highest BCUT2D eigenvalue weighted by Crippen LogP contribution is 2.23. The summed E-state index contributed by atoms with van der Waals surface area (Å²) in [6.07, 6.45) is -0.709. The van der Waals surface area contributed by atoms with Gasteiger partial charge in [-0.3, -0.25) is 4.79 Å². The van der Waals surface area contributed by atoms with Gasteiger partial charge < -0.3 is 14.8 Å². The Labute approximate surface area is 157 Å². The van der Waals surface area contributed by atoms with Crippen LogP contribution in [-0.4, -0.2) is 12.0 Å². The van der Waals surface area contributed by atoms with Crippen LogP contribution in [0.2, 0.25) is 0 Å². The van der Waals surface area contributed by atoms with E-state index in [1.807, 2.05) is 36.4 Å². The van der Waals surface area contributed by atoms with E-state index in [2.05, 4.69) is 5.32 Å². The number of ether oxygens (including phenoxy) is 2. The summed E-state index contributed by atoms with van der Waals surface area (Å²) in [5.41, 5.74) is 1.12. The zero-order valence-corrected chi connectivity index (χ0v) is 14.8. The highest BCUT2D eigenvalue weighted by molar-refractivity contribution is 5.94. The summed E-state index contributed by atoms with van der Waals surface area (Å²) in [7, 11) is 0. The molecule has 0 aromatic heterocycles. The molecule has 3 aromatic carbocycles. The van der Waals surface area contributed by atoms with Crippen molar-refractivity contribution in [2.45, 2.75) is 13.0 Å². The van der Waals surface area contributed by atoms with Crippen LogP contribution in [0.5, 0.6) is 17.2 Å². The van der Waals surface area contributed by atoms with Gasteiger partial charge in [0, 0.05) is 5.69 Å². The van der Waals surface area contributed by atoms with E-state index in [0.717, 1.165) is 5.75 Å². The monoisotopic (exact) mass is 358 g/mol. The summed E-state index contributed by atoms with van der Waals surface area (Å²) in [6.45, 7) is 1.65. The van der Waals surface area contributed by atoms with Crippen molar-refractivity contribution in [2.75, 3.05) is 5.32 Å². The van der Waals surface area contributed by atoms with Crippen LogP contribution in [0.3, 0.4) is 0 Å². The summed E-state index contributed by atoms with van der Waals surface area (Å²) >= 11 is 0. The average molecular weight is 358 g/mol. The molecule has 1 amide bonds. The lowest BCUT2D eigenvalue weighted by atomic mass is 10.2. The summed E-state index contributed by atoms with van der Waals surface area (Å²) in [5, 5.41) is 11.7. The first-order valence-electron chi connectivity index (χ1n) is 8.45. The molecule has 3 rings (SSSR count). The first-order chi connectivity index (χ1) is 13.1. The summed E-state index contributed by atoms with van der Waals surface area (Å²) in [5.74, 6) is 1.62. The van der Waals surface area contributed by atoms with Crippen molar-refractivity contribution in [3.63, 3.8) is 0 Å². The Kier molecular flexibility index (Phi) is 5.70. The number of nitriles is 1. The lowest BCUT2D eigenvalue weighted by Crippen LogP contribution is -2.30. The lowest BCUT2D eigenvalue weighted by molar-refractivity contribution is -0.122. The topological polar surface area (TPSA) is 71.3 Å². The number of hydrogen-bond acceptors (Lipinski definition) is 4. The van der Waals surface area contributed by atoms with Gasteiger partial charge in [0.1, 0.15) is 17.2 Å². The van der Waals surface area contributed by atoms with E-state index in [0.29, 0.717) is 22.7 Å². The molecule has 134 valence electrons. The fourth-order valence-corrected chi connectivity index (χ4v) is 2.37. The summed E-state index contributed by atoms with van der Waals surface area (Å²) in [6, 6.07) is 25.3. The van der Waals surface area contributed by atoms with Gasteiger partial charge in [-0.05, 0) is 61.5 Å². The number of hydrogen-bond donors (Lipinski definition) is 1. The van der Waals surface area contributed by atoms with Crippen molar-refractivity contribution in [2.24, 2.45) is 0 Å². The van der Waals surface area contributed by atoms with E-state index in [4.69, 9.17) is 14.7 Å². The van der Waals surface area contributed by atoms with Crippen LogP contribution in [0.4, 0.5) is 5.69 Å². The largest absolute Gasteiger partial charge is 0.481 e. The van der Waals surface area contributed by atoms with Gasteiger partial charge in [-0.1, -0.05) is 24.3 Å². The molecule has 1 atom stereocenters. The minimum Gasteiger partial charge on any atom is -0.481 e. The Morgan fingerprint density at radius 3 is 2.30 bits per heavy atom. The maximum Gasteiger partial charge on any atom is 0.265 e. The van der Waals surface area contributed by atoms with E-state index < -0.39 is 6.10 Å². The van der Waals surface area contributed by atoms with Gasteiger partial charge >= 0.3 is 0 Å². The Morgan fingerprint density at radius 2 is 1.59 bits per heavy atom. The van der Waals surface area contributed by atoms with Gasteiger partial charge in [-0.15, -0.1) is 0 Å². The molecule has 27 heavy (non-hydrogen) atoms. The SMILES string of the molecule is C[C@H](Oc1cccc(C#N)c1)C(=O)Nc1ccc(Oc2ccccc2)cc1. The van der Waals surface area contributed by atoms with Gasteiger partial charge in [-0.25, -0.2) is 0 Å². The molecule has 5 heteroatoms. The molecule has 0 radical (unpaired) electrons. The van der Waals surface area contributed by atoms with E-state index in [1.165, 1.54) is 0 Å². The number of carbonyl (C=O) groups excluding carboxylic acids is 1. The van der Waals surface area contributed by atoms with Gasteiger partial charge in [0.05, 0.1) is 11.6 Å². The van der Waals surface area contributed by atoms with Crippen LogP contribution in [-0.2, 0) is 4.79 Å². The normalized spacial score (nSPS) is 11.1. The zero-order valence-electron chi connectivity index (χ0n) is 14.8. The van der Waals surface area contributed by atoms with Crippen LogP contribution < -0.4 is 14.8 Å². The minimum atomic E-state index is -0.709. The zero-order chi connectivity index (χ0) is 19.1. The Hall–Kier alpha value is -3.78. The minimum absolute atomic E-state index is 0.283. The van der Waals surface area contributed by atoms with Crippen LogP contribution in [0.1, 0.15) is 12.5 Å². The second kappa shape index (κ2) is 8.54. The van der Waals surface area contributed by atoms with Crippen molar-refractivity contribution in [3.05, 3.63) is 84.4 Å². The molecule has 0 bridgehead atoms. The van der Waals surface area contributed by atoms with Crippen LogP contribution in [0, 0.1) is 11.3 Å². The number of rotatable bonds is 6. The van der Waals surface area contributed by atoms with Crippen molar-refractivity contribution >= 4 is 11.6 Å². The Bertz CT molecular complexity index is 947. The molecule has 0 saturated heterocycles. The maximum atomic E-state index is 12.3. The molecular formula is C22H18N2O3. The molecular weight excluding hydrogens is 340 g/mol.